The standard InChI is InChI=1S/C8H15F3N2/c1-2-4-7(12)13-6-3-5-8(9,10)11/h2-6H2,1H3,(H2,12,13). The van der Waals surface area contributed by atoms with Crippen LogP contribution in [-0.2, 0) is 0 Å². The zero-order valence-corrected chi connectivity index (χ0v) is 7.69. The summed E-state index contributed by atoms with van der Waals surface area (Å²) < 4.78 is 34.9. The Morgan fingerprint density at radius 1 is 1.38 bits per heavy atom. The molecule has 2 nitrogen and oxygen atoms in total. The van der Waals surface area contributed by atoms with Gasteiger partial charge < -0.3 is 5.73 Å². The van der Waals surface area contributed by atoms with Crippen LogP contribution in [0.5, 0.6) is 0 Å². The van der Waals surface area contributed by atoms with Crippen LogP contribution in [0.25, 0.3) is 0 Å². The van der Waals surface area contributed by atoms with Gasteiger partial charge >= 0.3 is 6.18 Å². The number of amidine groups is 1. The van der Waals surface area contributed by atoms with Crippen molar-refractivity contribution < 1.29 is 13.2 Å². The van der Waals surface area contributed by atoms with Crippen LogP contribution < -0.4 is 5.73 Å². The fourth-order valence-corrected chi connectivity index (χ4v) is 0.837. The van der Waals surface area contributed by atoms with E-state index in [-0.39, 0.29) is 13.0 Å². The van der Waals surface area contributed by atoms with E-state index in [0.717, 1.165) is 6.42 Å². The first kappa shape index (κ1) is 12.3. The topological polar surface area (TPSA) is 38.4 Å². The van der Waals surface area contributed by atoms with Gasteiger partial charge in [0.2, 0.25) is 0 Å². The molecule has 0 amide bonds. The lowest BCUT2D eigenvalue weighted by atomic mass is 10.3. The van der Waals surface area contributed by atoms with Crippen molar-refractivity contribution in [2.24, 2.45) is 10.7 Å². The van der Waals surface area contributed by atoms with Crippen molar-refractivity contribution >= 4 is 5.84 Å². The van der Waals surface area contributed by atoms with Gasteiger partial charge in [-0.15, -0.1) is 0 Å². The first-order valence-electron chi connectivity index (χ1n) is 4.31. The largest absolute Gasteiger partial charge is 0.389 e. The molecular formula is C8H15F3N2. The zero-order chi connectivity index (χ0) is 10.3. The summed E-state index contributed by atoms with van der Waals surface area (Å²) in [5, 5.41) is 0. The normalized spacial score (nSPS) is 13.4. The number of nitrogens with two attached hydrogens (primary N) is 1. The number of rotatable bonds is 5. The Morgan fingerprint density at radius 3 is 2.46 bits per heavy atom. The summed E-state index contributed by atoms with van der Waals surface area (Å²) >= 11 is 0. The van der Waals surface area contributed by atoms with E-state index >= 15 is 0 Å². The van der Waals surface area contributed by atoms with Crippen LogP contribution in [0.2, 0.25) is 0 Å². The molecule has 0 unspecified atom stereocenters. The SMILES string of the molecule is CCCC(N)=NCCCC(F)(F)F. The molecule has 0 aliphatic carbocycles. The Bertz CT molecular complexity index is 163. The minimum Gasteiger partial charge on any atom is -0.387 e. The highest BCUT2D eigenvalue weighted by molar-refractivity contribution is 5.80. The van der Waals surface area contributed by atoms with E-state index in [1.807, 2.05) is 6.92 Å². The second kappa shape index (κ2) is 5.83. The van der Waals surface area contributed by atoms with Crippen molar-refractivity contribution in [2.45, 2.75) is 38.8 Å². The van der Waals surface area contributed by atoms with Gasteiger partial charge in [0.05, 0.1) is 5.84 Å². The average molecular weight is 196 g/mol. The van der Waals surface area contributed by atoms with Gasteiger partial charge in [-0.3, -0.25) is 4.99 Å². The molecule has 0 heterocycles. The van der Waals surface area contributed by atoms with Crippen molar-refractivity contribution in [3.63, 3.8) is 0 Å². The number of hydrogen-bond acceptors (Lipinski definition) is 1. The fraction of sp³-hybridized carbons (Fsp3) is 0.875. The summed E-state index contributed by atoms with van der Waals surface area (Å²) in [5.41, 5.74) is 5.40. The number of nitrogens with zero attached hydrogens (tertiary/aromatic N) is 1. The minimum absolute atomic E-state index is 0.0217. The summed E-state index contributed by atoms with van der Waals surface area (Å²) in [6.45, 7) is 2.11. The van der Waals surface area contributed by atoms with E-state index in [1.54, 1.807) is 0 Å². The molecule has 78 valence electrons. The summed E-state index contributed by atoms with van der Waals surface area (Å²) in [5.74, 6) is 0.449. The highest BCUT2D eigenvalue weighted by Crippen LogP contribution is 2.20. The Morgan fingerprint density at radius 2 is 2.00 bits per heavy atom. The zero-order valence-electron chi connectivity index (χ0n) is 7.69. The third kappa shape index (κ3) is 9.17. The molecule has 0 fully saturated rings. The van der Waals surface area contributed by atoms with Gasteiger partial charge in [-0.1, -0.05) is 6.92 Å². The van der Waals surface area contributed by atoms with Gasteiger partial charge in [0, 0.05) is 19.4 Å². The molecule has 0 aromatic rings. The second-order valence-corrected chi connectivity index (χ2v) is 2.84. The molecule has 0 rings (SSSR count). The molecule has 0 saturated carbocycles. The summed E-state index contributed by atoms with van der Waals surface area (Å²) in [7, 11) is 0. The highest BCUT2D eigenvalue weighted by atomic mass is 19.4. The van der Waals surface area contributed by atoms with Crippen LogP contribution >= 0.6 is 0 Å². The predicted octanol–water partition coefficient (Wildman–Crippen LogP) is 2.49. The van der Waals surface area contributed by atoms with Crippen molar-refractivity contribution in [1.29, 1.82) is 0 Å². The van der Waals surface area contributed by atoms with Gasteiger partial charge in [0.1, 0.15) is 0 Å². The van der Waals surface area contributed by atoms with Gasteiger partial charge in [-0.2, -0.15) is 13.2 Å². The lowest BCUT2D eigenvalue weighted by Crippen LogP contribution is -2.12. The summed E-state index contributed by atoms with van der Waals surface area (Å²) in [6.07, 6.45) is -3.31. The van der Waals surface area contributed by atoms with Crippen molar-refractivity contribution in [1.82, 2.24) is 0 Å². The second-order valence-electron chi connectivity index (χ2n) is 2.84. The third-order valence-electron chi connectivity index (χ3n) is 1.44. The van der Waals surface area contributed by atoms with E-state index in [1.165, 1.54) is 0 Å². The number of hydrogen-bond donors (Lipinski definition) is 1. The fourth-order valence-electron chi connectivity index (χ4n) is 0.837. The number of alkyl halides is 3. The van der Waals surface area contributed by atoms with Gasteiger partial charge in [-0.25, -0.2) is 0 Å². The molecule has 0 spiro atoms. The lowest BCUT2D eigenvalue weighted by Gasteiger charge is -2.03. The van der Waals surface area contributed by atoms with E-state index in [2.05, 4.69) is 4.99 Å². The van der Waals surface area contributed by atoms with E-state index in [0.29, 0.717) is 12.3 Å². The minimum atomic E-state index is -4.07. The van der Waals surface area contributed by atoms with Gasteiger partial charge in [0.25, 0.3) is 0 Å². The van der Waals surface area contributed by atoms with E-state index < -0.39 is 12.6 Å². The van der Waals surface area contributed by atoms with Crippen LogP contribution in [0.4, 0.5) is 13.2 Å². The van der Waals surface area contributed by atoms with Crippen molar-refractivity contribution in [3.05, 3.63) is 0 Å². The summed E-state index contributed by atoms with van der Waals surface area (Å²) in [6, 6.07) is 0. The molecule has 0 radical (unpaired) electrons. The Kier molecular flexibility index (Phi) is 5.50. The maximum absolute atomic E-state index is 11.6. The molecular weight excluding hydrogens is 181 g/mol. The monoisotopic (exact) mass is 196 g/mol. The third-order valence-corrected chi connectivity index (χ3v) is 1.44. The van der Waals surface area contributed by atoms with Gasteiger partial charge in [0.15, 0.2) is 0 Å². The predicted molar refractivity (Wildman–Crippen MR) is 46.7 cm³/mol. The van der Waals surface area contributed by atoms with Crippen LogP contribution in [0.15, 0.2) is 4.99 Å². The van der Waals surface area contributed by atoms with E-state index in [4.69, 9.17) is 5.73 Å². The van der Waals surface area contributed by atoms with Gasteiger partial charge in [-0.05, 0) is 12.8 Å². The number of halogens is 3. The van der Waals surface area contributed by atoms with Crippen LogP contribution in [0, 0.1) is 0 Å². The maximum atomic E-state index is 11.6. The van der Waals surface area contributed by atoms with Crippen LogP contribution in [0.1, 0.15) is 32.6 Å². The summed E-state index contributed by atoms with van der Waals surface area (Å²) in [4.78, 5) is 3.81. The molecule has 0 atom stereocenters. The maximum Gasteiger partial charge on any atom is 0.389 e. The Balaban J connectivity index is 3.50. The molecule has 0 bridgehead atoms. The van der Waals surface area contributed by atoms with Crippen molar-refractivity contribution in [3.8, 4) is 0 Å². The molecule has 0 saturated heterocycles. The first-order chi connectivity index (χ1) is 5.95. The lowest BCUT2D eigenvalue weighted by molar-refractivity contribution is -0.134. The highest BCUT2D eigenvalue weighted by Gasteiger charge is 2.25. The molecule has 0 aromatic heterocycles. The van der Waals surface area contributed by atoms with Crippen molar-refractivity contribution in [2.75, 3.05) is 6.54 Å². The molecule has 0 aliphatic rings. The van der Waals surface area contributed by atoms with Crippen LogP contribution in [-0.4, -0.2) is 18.6 Å². The Labute approximate surface area is 76.0 Å². The molecule has 13 heavy (non-hydrogen) atoms. The number of aliphatic imine (C=N–C) groups is 1. The van der Waals surface area contributed by atoms with Crippen LogP contribution in [0.3, 0.4) is 0 Å². The average Bonchev–Trinajstić information content (AvgIpc) is 1.97. The van der Waals surface area contributed by atoms with E-state index in [9.17, 15) is 13.2 Å². The molecule has 5 heteroatoms. The molecule has 0 aliphatic heterocycles. The first-order valence-corrected chi connectivity index (χ1v) is 4.31. The molecule has 0 aromatic carbocycles. The molecule has 2 N–H and O–H groups in total. The quantitative estimate of drug-likeness (QED) is 0.409. The smallest absolute Gasteiger partial charge is 0.387 e. The Hall–Kier alpha value is -0.740.